The van der Waals surface area contributed by atoms with Gasteiger partial charge in [-0.1, -0.05) is 30.7 Å². The molecule has 3 aromatic rings. The molecule has 0 unspecified atom stereocenters. The Bertz CT molecular complexity index is 1170. The van der Waals surface area contributed by atoms with Crippen LogP contribution < -0.4 is 0 Å². The van der Waals surface area contributed by atoms with E-state index in [1.165, 1.54) is 9.54 Å². The van der Waals surface area contributed by atoms with Gasteiger partial charge in [0.05, 0.1) is 10.4 Å². The van der Waals surface area contributed by atoms with Crippen LogP contribution in [0.2, 0.25) is 5.02 Å². The Morgan fingerprint density at radius 1 is 1.11 bits per heavy atom. The Kier molecular flexibility index (Phi) is 4.13. The second-order valence-corrected chi connectivity index (χ2v) is 10.6. The van der Waals surface area contributed by atoms with Gasteiger partial charge in [-0.3, -0.25) is 0 Å². The number of likely N-dealkylation sites (tertiary alicyclic amines) is 1. The molecule has 0 radical (unpaired) electrons. The van der Waals surface area contributed by atoms with Crippen molar-refractivity contribution in [2.45, 2.75) is 36.6 Å². The lowest BCUT2D eigenvalue weighted by molar-refractivity contribution is 0.119. The van der Waals surface area contributed by atoms with E-state index in [0.29, 0.717) is 22.9 Å². The van der Waals surface area contributed by atoms with Crippen molar-refractivity contribution in [1.29, 1.82) is 0 Å². The molecule has 2 aromatic carbocycles. The van der Waals surface area contributed by atoms with Crippen LogP contribution in [0.25, 0.3) is 10.9 Å². The van der Waals surface area contributed by atoms with Crippen molar-refractivity contribution < 1.29 is 8.42 Å². The molecule has 2 aliphatic rings. The van der Waals surface area contributed by atoms with E-state index in [2.05, 4.69) is 24.9 Å². The zero-order chi connectivity index (χ0) is 19.6. The number of likely N-dealkylation sites (N-methyl/N-ethyl adjacent to an activating group) is 1. The molecule has 0 bridgehead atoms. The first-order valence-corrected chi connectivity index (χ1v) is 11.5. The Balaban J connectivity index is 1.70. The number of hydrogen-bond donors (Lipinski definition) is 0. The van der Waals surface area contributed by atoms with Crippen LogP contribution in [-0.2, 0) is 16.4 Å². The third kappa shape index (κ3) is 2.64. The molecular formula is C22H23ClN2O2S. The number of hydrogen-bond acceptors (Lipinski definition) is 3. The molecular weight excluding hydrogens is 392 g/mol. The van der Waals surface area contributed by atoms with Crippen LogP contribution in [0.4, 0.5) is 0 Å². The van der Waals surface area contributed by atoms with E-state index in [1.807, 2.05) is 18.3 Å². The molecule has 4 nitrogen and oxygen atoms in total. The maximum Gasteiger partial charge on any atom is 0.268 e. The first kappa shape index (κ1) is 18.2. The number of aromatic nitrogens is 1. The van der Waals surface area contributed by atoms with Crippen LogP contribution in [0.15, 0.2) is 53.6 Å². The molecule has 2 heterocycles. The average molecular weight is 415 g/mol. The quantitative estimate of drug-likeness (QED) is 0.619. The molecule has 0 saturated carbocycles. The van der Waals surface area contributed by atoms with Gasteiger partial charge in [0.15, 0.2) is 0 Å². The van der Waals surface area contributed by atoms with Crippen molar-refractivity contribution in [3.8, 4) is 0 Å². The van der Waals surface area contributed by atoms with Crippen LogP contribution >= 0.6 is 11.6 Å². The van der Waals surface area contributed by atoms with Gasteiger partial charge in [0.25, 0.3) is 10.0 Å². The lowest BCUT2D eigenvalue weighted by atomic mass is 9.73. The topological polar surface area (TPSA) is 42.3 Å². The number of rotatable bonds is 2. The molecule has 146 valence electrons. The first-order chi connectivity index (χ1) is 13.4. The molecule has 5 rings (SSSR count). The number of halogens is 1. The van der Waals surface area contributed by atoms with Crippen LogP contribution in [0.1, 0.15) is 30.4 Å². The molecule has 1 fully saturated rings. The molecule has 3 atom stereocenters. The minimum Gasteiger partial charge on any atom is -0.302 e. The van der Waals surface area contributed by atoms with E-state index in [9.17, 15) is 8.42 Å². The standard InChI is InChI=1S/C22H23ClN2O2S/c1-14-10-19-18-4-3-5-20-22(18)15(11-21(19)24(2)12-14)13-25(20)28(26,27)17-8-6-16(23)7-9-17/h3-9,13-14,19,21H,10-12H2,1-2H3/t14-,19-,21-/m1/s1. The predicted octanol–water partition coefficient (Wildman–Crippen LogP) is 4.51. The van der Waals surface area contributed by atoms with E-state index in [4.69, 9.17) is 11.6 Å². The van der Waals surface area contributed by atoms with Gasteiger partial charge in [0.2, 0.25) is 0 Å². The summed E-state index contributed by atoms with van der Waals surface area (Å²) in [6, 6.07) is 12.9. The average Bonchev–Trinajstić information content (AvgIpc) is 3.04. The highest BCUT2D eigenvalue weighted by atomic mass is 35.5. The van der Waals surface area contributed by atoms with E-state index >= 15 is 0 Å². The zero-order valence-electron chi connectivity index (χ0n) is 16.0. The lowest BCUT2D eigenvalue weighted by Crippen LogP contribution is -2.47. The van der Waals surface area contributed by atoms with Crippen LogP contribution in [-0.4, -0.2) is 36.9 Å². The third-order valence-electron chi connectivity index (χ3n) is 6.39. The molecule has 6 heteroatoms. The normalized spacial score (nSPS) is 25.0. The van der Waals surface area contributed by atoms with Crippen molar-refractivity contribution in [3.63, 3.8) is 0 Å². The van der Waals surface area contributed by atoms with Gasteiger partial charge in [-0.2, -0.15) is 0 Å². The molecule has 1 aliphatic heterocycles. The van der Waals surface area contributed by atoms with Crippen molar-refractivity contribution in [2.75, 3.05) is 13.6 Å². The Labute approximate surface area is 170 Å². The predicted molar refractivity (Wildman–Crippen MR) is 113 cm³/mol. The molecule has 28 heavy (non-hydrogen) atoms. The Morgan fingerprint density at radius 3 is 2.61 bits per heavy atom. The van der Waals surface area contributed by atoms with E-state index < -0.39 is 10.0 Å². The highest BCUT2D eigenvalue weighted by Gasteiger charge is 2.39. The van der Waals surface area contributed by atoms with E-state index in [1.54, 1.807) is 24.3 Å². The molecule has 0 spiro atoms. The smallest absolute Gasteiger partial charge is 0.268 e. The number of fused-ring (bicyclic) bond motifs is 2. The number of nitrogens with zero attached hydrogens (tertiary/aromatic N) is 2. The van der Waals surface area contributed by atoms with Crippen molar-refractivity contribution in [1.82, 2.24) is 8.87 Å². The van der Waals surface area contributed by atoms with Gasteiger partial charge >= 0.3 is 0 Å². The SMILES string of the molecule is C[C@@H]1C[C@@H]2c3cccc4c3c(cn4S(=O)(=O)c3ccc(Cl)cc3)C[C@H]2N(C)C1. The van der Waals surface area contributed by atoms with Crippen molar-refractivity contribution >= 4 is 32.5 Å². The van der Waals surface area contributed by atoms with Gasteiger partial charge in [0, 0.05) is 35.1 Å². The molecule has 0 amide bonds. The minimum absolute atomic E-state index is 0.258. The summed E-state index contributed by atoms with van der Waals surface area (Å²) >= 11 is 5.95. The van der Waals surface area contributed by atoms with Crippen LogP contribution in [0.5, 0.6) is 0 Å². The summed E-state index contributed by atoms with van der Waals surface area (Å²) in [6.45, 7) is 3.40. The molecule has 1 saturated heterocycles. The maximum atomic E-state index is 13.4. The molecule has 1 aromatic heterocycles. The summed E-state index contributed by atoms with van der Waals surface area (Å²) in [5, 5.41) is 1.65. The van der Waals surface area contributed by atoms with Crippen molar-refractivity contribution in [3.05, 3.63) is 64.8 Å². The second-order valence-electron chi connectivity index (χ2n) is 8.31. The van der Waals surface area contributed by atoms with Gasteiger partial charge in [-0.25, -0.2) is 12.4 Å². The maximum absolute atomic E-state index is 13.4. The highest BCUT2D eigenvalue weighted by molar-refractivity contribution is 7.90. The monoisotopic (exact) mass is 414 g/mol. The van der Waals surface area contributed by atoms with Gasteiger partial charge in [-0.15, -0.1) is 0 Å². The van der Waals surface area contributed by atoms with Gasteiger partial charge < -0.3 is 4.90 Å². The fourth-order valence-electron chi connectivity index (χ4n) is 5.21. The van der Waals surface area contributed by atoms with Gasteiger partial charge in [-0.05, 0) is 67.3 Å². The Hall–Kier alpha value is -1.82. The fraction of sp³-hybridized carbons (Fsp3) is 0.364. The lowest BCUT2D eigenvalue weighted by Gasteiger charge is -2.44. The van der Waals surface area contributed by atoms with Crippen LogP contribution in [0.3, 0.4) is 0 Å². The number of benzene rings is 2. The van der Waals surface area contributed by atoms with E-state index in [-0.39, 0.29) is 4.90 Å². The minimum atomic E-state index is -3.67. The third-order valence-corrected chi connectivity index (χ3v) is 8.33. The summed E-state index contributed by atoms with van der Waals surface area (Å²) < 4.78 is 28.2. The summed E-state index contributed by atoms with van der Waals surface area (Å²) in [5.74, 6) is 1.10. The summed E-state index contributed by atoms with van der Waals surface area (Å²) in [4.78, 5) is 2.71. The largest absolute Gasteiger partial charge is 0.302 e. The molecule has 1 aliphatic carbocycles. The van der Waals surface area contributed by atoms with E-state index in [0.717, 1.165) is 35.9 Å². The summed E-state index contributed by atoms with van der Waals surface area (Å²) in [6.07, 6.45) is 3.88. The van der Waals surface area contributed by atoms with Gasteiger partial charge in [0.1, 0.15) is 0 Å². The second kappa shape index (κ2) is 6.34. The van der Waals surface area contributed by atoms with Crippen LogP contribution in [0, 0.1) is 5.92 Å². The Morgan fingerprint density at radius 2 is 1.86 bits per heavy atom. The molecule has 0 N–H and O–H groups in total. The highest BCUT2D eigenvalue weighted by Crippen LogP contribution is 2.45. The van der Waals surface area contributed by atoms with Crippen molar-refractivity contribution in [2.24, 2.45) is 5.92 Å². The summed E-state index contributed by atoms with van der Waals surface area (Å²) in [5.41, 5.74) is 3.21. The number of piperidine rings is 1. The summed E-state index contributed by atoms with van der Waals surface area (Å²) in [7, 11) is -1.48. The zero-order valence-corrected chi connectivity index (χ0v) is 17.5. The first-order valence-electron chi connectivity index (χ1n) is 9.70. The fourth-order valence-corrected chi connectivity index (χ4v) is 6.72.